The average Bonchev–Trinajstić information content (AvgIpc) is 3.44. The summed E-state index contributed by atoms with van der Waals surface area (Å²) in [6.07, 6.45) is 1.86. The number of carbonyl (C=O) groups is 1. The Kier molecular flexibility index (Phi) is 6.95. The molecule has 0 bridgehead atoms. The monoisotopic (exact) mass is 493 g/mol. The first-order valence-electron chi connectivity index (χ1n) is 10.2. The molecule has 2 aromatic carbocycles. The molecule has 1 saturated heterocycles. The molecule has 1 atom stereocenters. The van der Waals surface area contributed by atoms with E-state index in [0.29, 0.717) is 41.6 Å². The fourth-order valence-electron chi connectivity index (χ4n) is 3.74. The maximum Gasteiger partial charge on any atom is 0.253 e. The van der Waals surface area contributed by atoms with Crippen molar-refractivity contribution in [2.75, 3.05) is 6.54 Å². The van der Waals surface area contributed by atoms with Gasteiger partial charge in [-0.2, -0.15) is 4.31 Å². The Morgan fingerprint density at radius 3 is 2.62 bits per heavy atom. The first-order chi connectivity index (χ1) is 15.3. The first kappa shape index (κ1) is 22.9. The molecular formula is C23H21ClFNO4S2. The normalized spacial score (nSPS) is 16.9. The maximum atomic E-state index is 13.1. The molecule has 168 valence electrons. The van der Waals surface area contributed by atoms with Crippen LogP contribution in [0.3, 0.4) is 0 Å². The van der Waals surface area contributed by atoms with Crippen LogP contribution in [0, 0.1) is 5.82 Å². The minimum Gasteiger partial charge on any atom is -0.457 e. The van der Waals surface area contributed by atoms with E-state index < -0.39 is 16.1 Å². The van der Waals surface area contributed by atoms with Gasteiger partial charge in [-0.1, -0.05) is 23.7 Å². The molecule has 0 spiro atoms. The van der Waals surface area contributed by atoms with Crippen LogP contribution in [0.4, 0.5) is 4.39 Å². The number of ketones is 1. The summed E-state index contributed by atoms with van der Waals surface area (Å²) < 4.78 is 46.6. The Labute approximate surface area is 195 Å². The van der Waals surface area contributed by atoms with Crippen LogP contribution in [0.1, 0.15) is 24.8 Å². The molecule has 4 rings (SSSR count). The highest BCUT2D eigenvalue weighted by Gasteiger charge is 2.39. The van der Waals surface area contributed by atoms with E-state index in [4.69, 9.17) is 16.3 Å². The summed E-state index contributed by atoms with van der Waals surface area (Å²) in [7, 11) is -3.74. The van der Waals surface area contributed by atoms with Crippen molar-refractivity contribution in [3.8, 4) is 11.5 Å². The van der Waals surface area contributed by atoms with E-state index in [2.05, 4.69) is 0 Å². The number of nitrogens with zero attached hydrogens (tertiary/aromatic N) is 1. The van der Waals surface area contributed by atoms with Gasteiger partial charge in [-0.15, -0.1) is 11.3 Å². The lowest BCUT2D eigenvalue weighted by Crippen LogP contribution is -2.40. The van der Waals surface area contributed by atoms with E-state index in [-0.39, 0.29) is 22.2 Å². The van der Waals surface area contributed by atoms with Crippen molar-refractivity contribution in [3.05, 3.63) is 76.4 Å². The highest BCUT2D eigenvalue weighted by atomic mass is 35.5. The molecule has 1 aliphatic heterocycles. The molecular weight excluding hydrogens is 473 g/mol. The van der Waals surface area contributed by atoms with Gasteiger partial charge in [-0.25, -0.2) is 12.8 Å². The molecule has 0 N–H and O–H groups in total. The minimum atomic E-state index is -3.74. The number of thiophene rings is 1. The van der Waals surface area contributed by atoms with Crippen LogP contribution in [-0.2, 0) is 21.2 Å². The van der Waals surface area contributed by atoms with Crippen molar-refractivity contribution < 1.29 is 22.3 Å². The summed E-state index contributed by atoms with van der Waals surface area (Å²) in [6.45, 7) is 0.329. The van der Waals surface area contributed by atoms with Gasteiger partial charge in [0.25, 0.3) is 10.0 Å². The number of halogens is 2. The van der Waals surface area contributed by atoms with E-state index in [1.807, 2.05) is 18.2 Å². The molecule has 1 aliphatic rings. The number of aryl methyl sites for hydroxylation is 1. The number of benzene rings is 2. The van der Waals surface area contributed by atoms with Gasteiger partial charge < -0.3 is 4.74 Å². The third kappa shape index (κ3) is 5.20. The van der Waals surface area contributed by atoms with Gasteiger partial charge in [-0.05, 0) is 73.4 Å². The van der Waals surface area contributed by atoms with Gasteiger partial charge in [-0.3, -0.25) is 4.79 Å². The lowest BCUT2D eigenvalue weighted by Gasteiger charge is -2.22. The Morgan fingerprint density at radius 1 is 1.12 bits per heavy atom. The van der Waals surface area contributed by atoms with Crippen LogP contribution in [0.15, 0.2) is 64.9 Å². The lowest BCUT2D eigenvalue weighted by atomic mass is 10.0. The quantitative estimate of drug-likeness (QED) is 0.404. The predicted octanol–water partition coefficient (Wildman–Crippen LogP) is 5.69. The fraction of sp³-hybridized carbons (Fsp3) is 0.261. The summed E-state index contributed by atoms with van der Waals surface area (Å²) >= 11 is 6.90. The maximum absolute atomic E-state index is 13.1. The number of carbonyl (C=O) groups excluding carboxylic acids is 1. The first-order valence-corrected chi connectivity index (χ1v) is 12.8. The number of Topliss-reactive ketones (excluding diaryl/α,β-unsaturated/α-hetero) is 1. The molecule has 0 saturated carbocycles. The third-order valence-corrected chi connectivity index (χ3v) is 8.90. The van der Waals surface area contributed by atoms with Crippen LogP contribution in [-0.4, -0.2) is 31.1 Å². The fourth-order valence-corrected chi connectivity index (χ4v) is 7.03. The van der Waals surface area contributed by atoms with Crippen molar-refractivity contribution in [1.29, 1.82) is 0 Å². The molecule has 0 amide bonds. The largest absolute Gasteiger partial charge is 0.457 e. The molecule has 1 aromatic heterocycles. The van der Waals surface area contributed by atoms with Crippen LogP contribution in [0.25, 0.3) is 0 Å². The molecule has 1 fully saturated rings. The van der Waals surface area contributed by atoms with Crippen molar-refractivity contribution in [2.45, 2.75) is 35.9 Å². The van der Waals surface area contributed by atoms with Gasteiger partial charge >= 0.3 is 0 Å². The SMILES string of the molecule is O=C(CCc1cccc(Oc2ccc(F)cc2)c1)[C@@H]1CCCN1S(=O)(=O)c1ccc(Cl)s1. The van der Waals surface area contributed by atoms with E-state index in [1.165, 1.54) is 22.5 Å². The molecule has 0 unspecified atom stereocenters. The number of hydrogen-bond acceptors (Lipinski definition) is 5. The zero-order chi connectivity index (χ0) is 22.7. The summed E-state index contributed by atoms with van der Waals surface area (Å²) in [6, 6.07) is 15.4. The second-order valence-corrected chi connectivity index (χ2v) is 11.3. The van der Waals surface area contributed by atoms with Crippen molar-refractivity contribution >= 4 is 38.7 Å². The van der Waals surface area contributed by atoms with Gasteiger partial charge in [0.15, 0.2) is 5.78 Å². The molecule has 2 heterocycles. The summed E-state index contributed by atoms with van der Waals surface area (Å²) in [5, 5.41) is 0. The standard InChI is InChI=1S/C23H21ClFNO4S2/c24-22-12-13-23(31-22)32(28,29)26-14-2-5-20(26)21(27)11-6-16-3-1-4-19(15-16)30-18-9-7-17(25)8-10-18/h1,3-4,7-10,12-13,15,20H,2,5-6,11,14H2/t20-/m0/s1. The highest BCUT2D eigenvalue weighted by Crippen LogP contribution is 2.33. The van der Waals surface area contributed by atoms with Crippen molar-refractivity contribution in [3.63, 3.8) is 0 Å². The molecule has 0 radical (unpaired) electrons. The molecule has 9 heteroatoms. The predicted molar refractivity (Wildman–Crippen MR) is 122 cm³/mol. The lowest BCUT2D eigenvalue weighted by molar-refractivity contribution is -0.122. The summed E-state index contributed by atoms with van der Waals surface area (Å²) in [5.74, 6) is 0.662. The summed E-state index contributed by atoms with van der Waals surface area (Å²) in [5.41, 5.74) is 0.899. The second kappa shape index (κ2) is 9.70. The van der Waals surface area contributed by atoms with Crippen LogP contribution >= 0.6 is 22.9 Å². The van der Waals surface area contributed by atoms with E-state index in [1.54, 1.807) is 24.3 Å². The second-order valence-electron chi connectivity index (χ2n) is 7.50. The minimum absolute atomic E-state index is 0.0985. The average molecular weight is 494 g/mol. The van der Waals surface area contributed by atoms with Gasteiger partial charge in [0.2, 0.25) is 0 Å². The zero-order valence-electron chi connectivity index (χ0n) is 17.0. The van der Waals surface area contributed by atoms with Crippen molar-refractivity contribution in [2.24, 2.45) is 0 Å². The molecule has 3 aromatic rings. The highest BCUT2D eigenvalue weighted by molar-refractivity contribution is 7.91. The molecule has 5 nitrogen and oxygen atoms in total. The van der Waals surface area contributed by atoms with E-state index >= 15 is 0 Å². The topological polar surface area (TPSA) is 63.7 Å². The summed E-state index contributed by atoms with van der Waals surface area (Å²) in [4.78, 5) is 12.9. The smallest absolute Gasteiger partial charge is 0.253 e. The van der Waals surface area contributed by atoms with E-state index in [9.17, 15) is 17.6 Å². The molecule has 0 aliphatic carbocycles. The van der Waals surface area contributed by atoms with E-state index in [0.717, 1.165) is 16.9 Å². The number of hydrogen-bond donors (Lipinski definition) is 0. The Hall–Kier alpha value is -2.26. The Balaban J connectivity index is 1.40. The Bertz CT molecular complexity index is 1210. The molecule has 32 heavy (non-hydrogen) atoms. The number of sulfonamides is 1. The van der Waals surface area contributed by atoms with Crippen LogP contribution in [0.2, 0.25) is 4.34 Å². The van der Waals surface area contributed by atoms with Gasteiger partial charge in [0.05, 0.1) is 10.4 Å². The third-order valence-electron chi connectivity index (χ3n) is 5.29. The van der Waals surface area contributed by atoms with Crippen LogP contribution in [0.5, 0.6) is 11.5 Å². The number of ether oxygens (including phenoxy) is 1. The van der Waals surface area contributed by atoms with Crippen molar-refractivity contribution in [1.82, 2.24) is 4.31 Å². The number of rotatable bonds is 8. The van der Waals surface area contributed by atoms with Gasteiger partial charge in [0, 0.05) is 13.0 Å². The Morgan fingerprint density at radius 2 is 1.91 bits per heavy atom. The van der Waals surface area contributed by atoms with Crippen LogP contribution < -0.4 is 4.74 Å². The zero-order valence-corrected chi connectivity index (χ0v) is 19.4. The van der Waals surface area contributed by atoms with Gasteiger partial charge in [0.1, 0.15) is 21.5 Å².